The number of fused-ring (bicyclic) bond motifs is 4. The zero-order chi connectivity index (χ0) is 15.2. The number of nitrogens with zero attached hydrogens (tertiary/aromatic N) is 2. The molecule has 0 radical (unpaired) electrons. The van der Waals surface area contributed by atoms with Crippen molar-refractivity contribution in [1.82, 2.24) is 9.55 Å². The fourth-order valence-electron chi connectivity index (χ4n) is 3.34. The maximum Gasteiger partial charge on any atom is 0.145 e. The van der Waals surface area contributed by atoms with Gasteiger partial charge in [-0.1, -0.05) is 60.7 Å². The van der Waals surface area contributed by atoms with Crippen LogP contribution in [-0.2, 0) is 0 Å². The molecule has 23 heavy (non-hydrogen) atoms. The fraction of sp³-hybridized carbons (Fsp3) is 0. The molecule has 5 aromatic rings. The minimum atomic E-state index is 0.987. The monoisotopic (exact) mass is 294 g/mol. The number of para-hydroxylation sites is 2. The first kappa shape index (κ1) is 12.4. The molecule has 0 fully saturated rings. The summed E-state index contributed by atoms with van der Waals surface area (Å²) in [6, 6.07) is 27.4. The van der Waals surface area contributed by atoms with E-state index in [9.17, 15) is 0 Å². The van der Waals surface area contributed by atoms with Crippen molar-refractivity contribution in [1.29, 1.82) is 0 Å². The summed E-state index contributed by atoms with van der Waals surface area (Å²) < 4.78 is 2.18. The van der Waals surface area contributed by atoms with Gasteiger partial charge in [-0.2, -0.15) is 0 Å². The lowest BCUT2D eigenvalue weighted by atomic mass is 10.1. The molecule has 0 saturated carbocycles. The van der Waals surface area contributed by atoms with Gasteiger partial charge in [-0.25, -0.2) is 4.98 Å². The molecule has 2 heteroatoms. The molecule has 0 aliphatic rings. The first-order valence-electron chi connectivity index (χ1n) is 7.76. The summed E-state index contributed by atoms with van der Waals surface area (Å²) in [6.45, 7) is 0. The van der Waals surface area contributed by atoms with Gasteiger partial charge in [-0.3, -0.25) is 0 Å². The van der Waals surface area contributed by atoms with Gasteiger partial charge < -0.3 is 4.57 Å². The summed E-state index contributed by atoms with van der Waals surface area (Å²) in [5.74, 6) is 0.987. The first-order valence-corrected chi connectivity index (χ1v) is 7.76. The smallest absolute Gasteiger partial charge is 0.145 e. The van der Waals surface area contributed by atoms with Crippen LogP contribution in [0.1, 0.15) is 0 Å². The van der Waals surface area contributed by atoms with Gasteiger partial charge in [0, 0.05) is 17.0 Å². The molecule has 2 heterocycles. The average Bonchev–Trinajstić information content (AvgIpc) is 3.05. The van der Waals surface area contributed by atoms with Gasteiger partial charge in [0.2, 0.25) is 0 Å². The van der Waals surface area contributed by atoms with Crippen molar-refractivity contribution in [2.75, 3.05) is 0 Å². The molecule has 0 bridgehead atoms. The SMILES string of the molecule is c1ccc2c(c1)ccn2-c1nc2ccccc2c2ccccc12. The molecule has 0 atom stereocenters. The van der Waals surface area contributed by atoms with Gasteiger partial charge in [-0.05, 0) is 29.0 Å². The quantitative estimate of drug-likeness (QED) is 0.382. The van der Waals surface area contributed by atoms with Crippen molar-refractivity contribution in [3.05, 3.63) is 85.1 Å². The Bertz CT molecular complexity index is 1170. The van der Waals surface area contributed by atoms with Crippen LogP contribution in [-0.4, -0.2) is 9.55 Å². The minimum absolute atomic E-state index is 0.987. The van der Waals surface area contributed by atoms with E-state index in [0.29, 0.717) is 0 Å². The lowest BCUT2D eigenvalue weighted by Gasteiger charge is -2.11. The van der Waals surface area contributed by atoms with Crippen LogP contribution in [0, 0.1) is 0 Å². The molecule has 2 nitrogen and oxygen atoms in total. The summed E-state index contributed by atoms with van der Waals surface area (Å²) >= 11 is 0. The van der Waals surface area contributed by atoms with Crippen LogP contribution in [0.5, 0.6) is 0 Å². The molecule has 0 aliphatic heterocycles. The third kappa shape index (κ3) is 1.78. The summed E-state index contributed by atoms with van der Waals surface area (Å²) in [5.41, 5.74) is 2.21. The highest BCUT2D eigenvalue weighted by Gasteiger charge is 2.11. The predicted molar refractivity (Wildman–Crippen MR) is 96.1 cm³/mol. The van der Waals surface area contributed by atoms with E-state index in [4.69, 9.17) is 4.98 Å². The molecule has 3 aromatic carbocycles. The first-order chi connectivity index (χ1) is 11.4. The van der Waals surface area contributed by atoms with Crippen molar-refractivity contribution in [2.45, 2.75) is 0 Å². The van der Waals surface area contributed by atoms with Crippen molar-refractivity contribution in [2.24, 2.45) is 0 Å². The van der Waals surface area contributed by atoms with E-state index in [2.05, 4.69) is 83.6 Å². The number of hydrogen-bond donors (Lipinski definition) is 0. The molecule has 0 saturated heterocycles. The van der Waals surface area contributed by atoms with Gasteiger partial charge in [0.1, 0.15) is 5.82 Å². The van der Waals surface area contributed by atoms with E-state index in [-0.39, 0.29) is 0 Å². The third-order valence-corrected chi connectivity index (χ3v) is 4.42. The molecule has 0 spiro atoms. The fourth-order valence-corrected chi connectivity index (χ4v) is 3.34. The van der Waals surface area contributed by atoms with E-state index >= 15 is 0 Å². The molecule has 0 amide bonds. The summed E-state index contributed by atoms with van der Waals surface area (Å²) in [6.07, 6.45) is 2.11. The Labute approximate surface area is 133 Å². The summed E-state index contributed by atoms with van der Waals surface area (Å²) in [7, 11) is 0. The number of aromatic nitrogens is 2. The Hall–Kier alpha value is -3.13. The highest BCUT2D eigenvalue weighted by molar-refractivity contribution is 6.08. The Morgan fingerprint density at radius 1 is 0.609 bits per heavy atom. The molecule has 2 aromatic heterocycles. The van der Waals surface area contributed by atoms with Crippen LogP contribution >= 0.6 is 0 Å². The Balaban J connectivity index is 1.97. The van der Waals surface area contributed by atoms with E-state index in [1.54, 1.807) is 0 Å². The van der Waals surface area contributed by atoms with Crippen molar-refractivity contribution >= 4 is 32.6 Å². The van der Waals surface area contributed by atoms with E-state index < -0.39 is 0 Å². The lowest BCUT2D eigenvalue weighted by Crippen LogP contribution is -1.98. The van der Waals surface area contributed by atoms with Gasteiger partial charge in [0.15, 0.2) is 0 Å². The van der Waals surface area contributed by atoms with Gasteiger partial charge >= 0.3 is 0 Å². The maximum atomic E-state index is 4.96. The minimum Gasteiger partial charge on any atom is -0.301 e. The largest absolute Gasteiger partial charge is 0.301 e. The number of rotatable bonds is 1. The molecule has 0 N–H and O–H groups in total. The second kappa shape index (κ2) is 4.68. The van der Waals surface area contributed by atoms with Crippen LogP contribution in [0.2, 0.25) is 0 Å². The summed E-state index contributed by atoms with van der Waals surface area (Å²) in [5, 5.41) is 4.84. The molecule has 108 valence electrons. The van der Waals surface area contributed by atoms with Crippen LogP contribution in [0.15, 0.2) is 85.1 Å². The van der Waals surface area contributed by atoms with Crippen molar-refractivity contribution < 1.29 is 0 Å². The lowest BCUT2D eigenvalue weighted by molar-refractivity contribution is 1.08. The average molecular weight is 294 g/mol. The standard InChI is InChI=1S/C21H14N2/c1-6-12-20-15(7-1)13-14-23(20)21-18-10-3-2-8-16(18)17-9-4-5-11-19(17)22-21/h1-14H. The van der Waals surface area contributed by atoms with E-state index in [1.807, 2.05) is 6.07 Å². The van der Waals surface area contributed by atoms with Crippen LogP contribution < -0.4 is 0 Å². The molecular weight excluding hydrogens is 280 g/mol. The second-order valence-electron chi connectivity index (χ2n) is 5.74. The number of benzene rings is 3. The number of pyridine rings is 1. The topological polar surface area (TPSA) is 17.8 Å². The van der Waals surface area contributed by atoms with Gasteiger partial charge in [0.25, 0.3) is 0 Å². The molecule has 0 unspecified atom stereocenters. The molecule has 5 rings (SSSR count). The highest BCUT2D eigenvalue weighted by atomic mass is 15.1. The number of hydrogen-bond acceptors (Lipinski definition) is 1. The molecular formula is C21H14N2. The molecule has 0 aliphatic carbocycles. The third-order valence-electron chi connectivity index (χ3n) is 4.42. The van der Waals surface area contributed by atoms with Crippen molar-refractivity contribution in [3.63, 3.8) is 0 Å². The Morgan fingerprint density at radius 2 is 1.30 bits per heavy atom. The van der Waals surface area contributed by atoms with E-state index in [0.717, 1.165) is 11.3 Å². The normalized spacial score (nSPS) is 11.5. The van der Waals surface area contributed by atoms with Gasteiger partial charge in [-0.15, -0.1) is 0 Å². The van der Waals surface area contributed by atoms with Crippen LogP contribution in [0.4, 0.5) is 0 Å². The Morgan fingerprint density at radius 3 is 2.22 bits per heavy atom. The zero-order valence-corrected chi connectivity index (χ0v) is 12.5. The zero-order valence-electron chi connectivity index (χ0n) is 12.5. The predicted octanol–water partition coefficient (Wildman–Crippen LogP) is 5.33. The highest BCUT2D eigenvalue weighted by Crippen LogP contribution is 2.30. The Kier molecular flexibility index (Phi) is 2.53. The van der Waals surface area contributed by atoms with Crippen LogP contribution in [0.3, 0.4) is 0 Å². The van der Waals surface area contributed by atoms with E-state index in [1.165, 1.54) is 27.1 Å². The van der Waals surface area contributed by atoms with Gasteiger partial charge in [0.05, 0.1) is 11.0 Å². The van der Waals surface area contributed by atoms with Crippen molar-refractivity contribution in [3.8, 4) is 5.82 Å². The van der Waals surface area contributed by atoms with Crippen LogP contribution in [0.25, 0.3) is 38.4 Å². The second-order valence-corrected chi connectivity index (χ2v) is 5.74. The summed E-state index contributed by atoms with van der Waals surface area (Å²) in [4.78, 5) is 4.96. The maximum absolute atomic E-state index is 4.96.